The minimum absolute atomic E-state index is 0.663. The zero-order valence-corrected chi connectivity index (χ0v) is 10.6. The molecule has 0 amide bonds. The summed E-state index contributed by atoms with van der Waals surface area (Å²) < 4.78 is 7.77. The predicted molar refractivity (Wildman–Crippen MR) is 71.0 cm³/mol. The van der Waals surface area contributed by atoms with Crippen molar-refractivity contribution >= 4 is 0 Å². The van der Waals surface area contributed by atoms with Crippen LogP contribution < -0.4 is 0 Å². The number of rotatable bonds is 6. The molecule has 0 rings (SSSR count). The lowest BCUT2D eigenvalue weighted by Gasteiger charge is -1.98. The second kappa shape index (κ2) is 8.28. The van der Waals surface area contributed by atoms with Crippen LogP contribution in [-0.4, -0.2) is 0 Å². The molecule has 0 N–H and O–H groups in total. The fourth-order valence-electron chi connectivity index (χ4n) is 1.15. The van der Waals surface area contributed by atoms with Gasteiger partial charge < -0.3 is 0 Å². The molecule has 0 fully saturated rings. The zero-order chi connectivity index (χ0) is 12.6. The maximum Gasteiger partial charge on any atom is 0.0582 e. The summed E-state index contributed by atoms with van der Waals surface area (Å²) in [5.74, 6) is 0. The number of hydrogen-bond donors (Lipinski definition) is 0. The second-order valence-electron chi connectivity index (χ2n) is 4.14. The highest BCUT2D eigenvalue weighted by atomic mass is 13.9. The Balaban J connectivity index is 4.15. The Morgan fingerprint density at radius 1 is 1.20 bits per heavy atom. The summed E-state index contributed by atoms with van der Waals surface area (Å²) in [6.45, 7) is 12.0. The molecule has 84 valence electrons. The van der Waals surface area contributed by atoms with Crippen molar-refractivity contribution in [3.8, 4) is 0 Å². The van der Waals surface area contributed by atoms with Gasteiger partial charge in [-0.15, -0.1) is 0 Å². The van der Waals surface area contributed by atoms with Gasteiger partial charge >= 0.3 is 0 Å². The van der Waals surface area contributed by atoms with Gasteiger partial charge in [0.2, 0.25) is 0 Å². The van der Waals surface area contributed by atoms with Crippen LogP contribution in [0.5, 0.6) is 0 Å². The molecule has 0 unspecified atom stereocenters. The molecule has 0 bridgehead atoms. The van der Waals surface area contributed by atoms with Crippen molar-refractivity contribution in [3.63, 3.8) is 0 Å². The van der Waals surface area contributed by atoms with E-state index in [9.17, 15) is 0 Å². The standard InChI is InChI=1S/C15H24/c1-6-14(4)10-8-12-15(5)11-7-9-13(2)3/h6,9-10,12H,1,7-8,11H2,2-5H3/b14-10+,15-12+/i10D. The molecule has 15 heavy (non-hydrogen) atoms. The van der Waals surface area contributed by atoms with Crippen molar-refractivity contribution in [2.75, 3.05) is 0 Å². The van der Waals surface area contributed by atoms with Gasteiger partial charge in [-0.1, -0.05) is 47.6 Å². The molecular formula is C15H24. The van der Waals surface area contributed by atoms with E-state index in [1.165, 1.54) is 11.1 Å². The Labute approximate surface area is 96.5 Å². The predicted octanol–water partition coefficient (Wildman–Crippen LogP) is 5.20. The van der Waals surface area contributed by atoms with Gasteiger partial charge in [-0.25, -0.2) is 0 Å². The van der Waals surface area contributed by atoms with E-state index in [4.69, 9.17) is 1.37 Å². The van der Waals surface area contributed by atoms with E-state index in [0.717, 1.165) is 24.8 Å². The summed E-state index contributed by atoms with van der Waals surface area (Å²) >= 11 is 0. The van der Waals surface area contributed by atoms with Crippen LogP contribution in [0.25, 0.3) is 0 Å². The Hall–Kier alpha value is -1.04. The highest BCUT2D eigenvalue weighted by molar-refractivity contribution is 5.15. The molecule has 0 aromatic heterocycles. The largest absolute Gasteiger partial charge is 0.0988 e. The van der Waals surface area contributed by atoms with Crippen molar-refractivity contribution in [1.29, 1.82) is 0 Å². The van der Waals surface area contributed by atoms with E-state index in [1.807, 2.05) is 6.92 Å². The van der Waals surface area contributed by atoms with Gasteiger partial charge in [0, 0.05) is 0 Å². The Kier molecular flexibility index (Phi) is 6.64. The highest BCUT2D eigenvalue weighted by Crippen LogP contribution is 2.08. The number of hydrogen-bond acceptors (Lipinski definition) is 0. The summed E-state index contributed by atoms with van der Waals surface area (Å²) in [7, 11) is 0. The van der Waals surface area contributed by atoms with Crippen molar-refractivity contribution < 1.29 is 1.37 Å². The van der Waals surface area contributed by atoms with Gasteiger partial charge in [-0.05, 0) is 47.0 Å². The first kappa shape index (κ1) is 12.0. The quantitative estimate of drug-likeness (QED) is 0.413. The first-order chi connectivity index (χ1) is 7.47. The van der Waals surface area contributed by atoms with Crippen LogP contribution >= 0.6 is 0 Å². The third-order valence-corrected chi connectivity index (χ3v) is 2.23. The van der Waals surface area contributed by atoms with E-state index in [2.05, 4.69) is 39.5 Å². The molecule has 0 atom stereocenters. The SMILES string of the molecule is [2H]/C(C/C=C(\C)CCC=C(C)C)=C(/C)C=C. The fraction of sp³-hybridized carbons (Fsp3) is 0.467. The average molecular weight is 205 g/mol. The highest BCUT2D eigenvalue weighted by Gasteiger charge is 1.88. The van der Waals surface area contributed by atoms with Crippen LogP contribution in [-0.2, 0) is 0 Å². The first-order valence-corrected chi connectivity index (χ1v) is 5.55. The van der Waals surface area contributed by atoms with Crippen LogP contribution in [0.1, 0.15) is 48.3 Å². The Bertz CT molecular complexity index is 312. The summed E-state index contributed by atoms with van der Waals surface area (Å²) in [5.41, 5.74) is 3.70. The molecule has 0 aromatic carbocycles. The number of allylic oxidation sites excluding steroid dienone is 7. The summed E-state index contributed by atoms with van der Waals surface area (Å²) in [6.07, 6.45) is 9.05. The molecule has 0 heterocycles. The van der Waals surface area contributed by atoms with Crippen molar-refractivity contribution in [2.45, 2.75) is 47.0 Å². The first-order valence-electron chi connectivity index (χ1n) is 6.05. The molecule has 0 saturated carbocycles. The summed E-state index contributed by atoms with van der Waals surface area (Å²) in [5, 5.41) is 0. The molecule has 0 nitrogen and oxygen atoms in total. The van der Waals surface area contributed by atoms with Crippen LogP contribution in [0.15, 0.2) is 47.6 Å². The van der Waals surface area contributed by atoms with E-state index in [1.54, 1.807) is 6.08 Å². The van der Waals surface area contributed by atoms with Gasteiger partial charge in [0.15, 0.2) is 0 Å². The van der Waals surface area contributed by atoms with E-state index >= 15 is 0 Å². The Morgan fingerprint density at radius 3 is 2.40 bits per heavy atom. The summed E-state index contributed by atoms with van der Waals surface area (Å²) in [4.78, 5) is 0. The van der Waals surface area contributed by atoms with Gasteiger partial charge in [-0.3, -0.25) is 0 Å². The molecular weight excluding hydrogens is 180 g/mol. The maximum absolute atomic E-state index is 7.77. The van der Waals surface area contributed by atoms with Crippen molar-refractivity contribution in [2.24, 2.45) is 0 Å². The third-order valence-electron chi connectivity index (χ3n) is 2.23. The molecule has 0 aromatic rings. The minimum atomic E-state index is 0.663. The monoisotopic (exact) mass is 205 g/mol. The lowest BCUT2D eigenvalue weighted by molar-refractivity contribution is 0.958. The average Bonchev–Trinajstić information content (AvgIpc) is 2.24. The second-order valence-corrected chi connectivity index (χ2v) is 4.14. The lowest BCUT2D eigenvalue weighted by atomic mass is 10.1. The zero-order valence-electron chi connectivity index (χ0n) is 11.6. The van der Waals surface area contributed by atoms with Gasteiger partial charge in [0.25, 0.3) is 0 Å². The Morgan fingerprint density at radius 2 is 1.87 bits per heavy atom. The summed E-state index contributed by atoms with van der Waals surface area (Å²) in [6, 6.07) is 0.663. The lowest BCUT2D eigenvalue weighted by Crippen LogP contribution is -1.77. The van der Waals surface area contributed by atoms with Crippen LogP contribution in [0, 0.1) is 0 Å². The van der Waals surface area contributed by atoms with E-state index in [-0.39, 0.29) is 0 Å². The van der Waals surface area contributed by atoms with Gasteiger partial charge in [0.05, 0.1) is 1.37 Å². The molecule has 0 heteroatoms. The van der Waals surface area contributed by atoms with Gasteiger partial charge in [0.1, 0.15) is 0 Å². The van der Waals surface area contributed by atoms with Gasteiger partial charge in [-0.2, -0.15) is 0 Å². The maximum atomic E-state index is 7.77. The van der Waals surface area contributed by atoms with Crippen LogP contribution in [0.2, 0.25) is 0 Å². The third kappa shape index (κ3) is 9.27. The molecule has 0 radical (unpaired) electrons. The van der Waals surface area contributed by atoms with Crippen LogP contribution in [0.4, 0.5) is 0 Å². The molecule has 0 aliphatic carbocycles. The molecule has 0 aliphatic rings. The van der Waals surface area contributed by atoms with E-state index in [0.29, 0.717) is 6.05 Å². The van der Waals surface area contributed by atoms with Crippen molar-refractivity contribution in [3.05, 3.63) is 47.6 Å². The van der Waals surface area contributed by atoms with Crippen molar-refractivity contribution in [1.82, 2.24) is 0 Å². The minimum Gasteiger partial charge on any atom is -0.0988 e. The fourth-order valence-corrected chi connectivity index (χ4v) is 1.15. The smallest absolute Gasteiger partial charge is 0.0582 e. The molecule has 0 spiro atoms. The van der Waals surface area contributed by atoms with Crippen LogP contribution in [0.3, 0.4) is 0 Å². The molecule has 0 aliphatic heterocycles. The normalized spacial score (nSPS) is 14.1. The molecule has 0 saturated heterocycles. The van der Waals surface area contributed by atoms with E-state index < -0.39 is 0 Å². The topological polar surface area (TPSA) is 0 Å².